The summed E-state index contributed by atoms with van der Waals surface area (Å²) in [5, 5.41) is 58.3. The number of anilines is 2. The zero-order valence-corrected chi connectivity index (χ0v) is 15.1. The highest BCUT2D eigenvalue weighted by molar-refractivity contribution is 6.17. The first-order valence-electron chi connectivity index (χ1n) is 8.00. The summed E-state index contributed by atoms with van der Waals surface area (Å²) in [7, 11) is 0. The molecule has 0 spiro atoms. The molecule has 1 aromatic heterocycles. The molecule has 2 aromatic rings. The minimum Gasteiger partial charge on any atom is -0.288 e. The van der Waals surface area contributed by atoms with Crippen molar-refractivity contribution in [1.82, 2.24) is 9.97 Å². The van der Waals surface area contributed by atoms with Crippen LogP contribution in [-0.2, 0) is 0 Å². The maximum atomic E-state index is 9.62. The minimum atomic E-state index is -0.296. The van der Waals surface area contributed by atoms with E-state index in [1.807, 2.05) is 18.3 Å². The van der Waals surface area contributed by atoms with Gasteiger partial charge in [0.15, 0.2) is 23.8 Å². The van der Waals surface area contributed by atoms with Gasteiger partial charge in [-0.05, 0) is 6.92 Å². The largest absolute Gasteiger partial charge is 0.288 e. The van der Waals surface area contributed by atoms with Gasteiger partial charge in [0, 0.05) is 0 Å². The molecule has 1 aliphatic rings. The van der Waals surface area contributed by atoms with E-state index in [1.165, 1.54) is 6.92 Å². The number of fused-ring (bicyclic) bond motifs is 3. The Kier molecular flexibility index (Phi) is 4.86. The summed E-state index contributed by atoms with van der Waals surface area (Å²) in [4.78, 5) is 17.8. The molecular formula is C18H6N12. The van der Waals surface area contributed by atoms with Crippen LogP contribution in [0.25, 0.3) is 11.0 Å². The van der Waals surface area contributed by atoms with E-state index in [0.29, 0.717) is 0 Å². The van der Waals surface area contributed by atoms with Crippen LogP contribution >= 0.6 is 0 Å². The summed E-state index contributed by atoms with van der Waals surface area (Å²) in [5.41, 5.74) is -0.576. The Balaban J connectivity index is 2.67. The van der Waals surface area contributed by atoms with Gasteiger partial charge in [0.25, 0.3) is 0 Å². The molecule has 138 valence electrons. The lowest BCUT2D eigenvalue weighted by Crippen LogP contribution is -2.27. The van der Waals surface area contributed by atoms with Gasteiger partial charge in [0.1, 0.15) is 69.5 Å². The van der Waals surface area contributed by atoms with Gasteiger partial charge < -0.3 is 0 Å². The summed E-state index contributed by atoms with van der Waals surface area (Å²) in [6.07, 6.45) is 3.64. The van der Waals surface area contributed by atoms with Gasteiger partial charge in [-0.25, -0.2) is 20.0 Å². The molecule has 2 heterocycles. The lowest BCUT2D eigenvalue weighted by atomic mass is 10.1. The second kappa shape index (κ2) is 7.59. The molecule has 1 aliphatic heterocycles. The number of rotatable bonds is 2. The van der Waals surface area contributed by atoms with Crippen LogP contribution in [-0.4, -0.2) is 27.9 Å². The molecule has 0 aliphatic carbocycles. The molecule has 3 rings (SSSR count). The molecule has 0 fully saturated rings. The number of nitrogens with one attached hydrogen (secondary N) is 1. The van der Waals surface area contributed by atoms with E-state index in [1.54, 1.807) is 18.3 Å². The molecule has 30 heavy (non-hydrogen) atoms. The van der Waals surface area contributed by atoms with Gasteiger partial charge in [-0.15, -0.1) is 0 Å². The van der Waals surface area contributed by atoms with E-state index in [-0.39, 0.29) is 63.1 Å². The van der Waals surface area contributed by atoms with Crippen molar-refractivity contribution in [3.8, 4) is 36.7 Å². The number of hydrogen-bond donors (Lipinski definition) is 1. The predicted octanol–water partition coefficient (Wildman–Crippen LogP) is 1.78. The third kappa shape index (κ3) is 2.92. The van der Waals surface area contributed by atoms with Gasteiger partial charge in [-0.3, -0.25) is 10.2 Å². The van der Waals surface area contributed by atoms with Crippen molar-refractivity contribution in [2.45, 2.75) is 6.92 Å². The molecule has 0 saturated carbocycles. The molecule has 0 radical (unpaired) electrons. The number of hydrogen-bond acceptors (Lipinski definition) is 12. The van der Waals surface area contributed by atoms with Crippen molar-refractivity contribution in [2.24, 2.45) is 9.98 Å². The van der Waals surface area contributed by atoms with Crippen LogP contribution in [0.2, 0.25) is 0 Å². The van der Waals surface area contributed by atoms with E-state index < -0.39 is 0 Å². The molecule has 0 amide bonds. The lowest BCUT2D eigenvalue weighted by molar-refractivity contribution is 1.10. The molecule has 1 aromatic carbocycles. The van der Waals surface area contributed by atoms with E-state index in [0.717, 1.165) is 4.90 Å². The maximum Gasteiger partial charge on any atom is 0.184 e. The van der Waals surface area contributed by atoms with Crippen molar-refractivity contribution < 1.29 is 0 Å². The van der Waals surface area contributed by atoms with Crippen LogP contribution in [0.3, 0.4) is 0 Å². The molecule has 1 N–H and O–H groups in total. The van der Waals surface area contributed by atoms with Gasteiger partial charge in [-0.2, -0.15) is 31.6 Å². The fourth-order valence-electron chi connectivity index (χ4n) is 2.77. The van der Waals surface area contributed by atoms with E-state index >= 15 is 0 Å². The van der Waals surface area contributed by atoms with Crippen molar-refractivity contribution in [3.63, 3.8) is 0 Å². The zero-order valence-electron chi connectivity index (χ0n) is 15.1. The number of aliphatic imine (C=N–C) groups is 2. The first-order valence-corrected chi connectivity index (χ1v) is 8.00. The summed E-state index contributed by atoms with van der Waals surface area (Å²) in [5.74, 6) is 0. The predicted molar refractivity (Wildman–Crippen MR) is 102 cm³/mol. The Labute approximate surface area is 169 Å². The number of benzene rings is 1. The molecule has 12 nitrogen and oxygen atoms in total. The lowest BCUT2D eigenvalue weighted by Gasteiger charge is -2.25. The summed E-state index contributed by atoms with van der Waals surface area (Å²) in [6, 6.07) is 7.23. The zero-order chi connectivity index (χ0) is 21.8. The Morgan fingerprint density at radius 1 is 1.00 bits per heavy atom. The van der Waals surface area contributed by atoms with Gasteiger partial charge in [0.05, 0.1) is 6.54 Å². The van der Waals surface area contributed by atoms with Crippen molar-refractivity contribution in [2.75, 3.05) is 16.8 Å². The highest BCUT2D eigenvalue weighted by Crippen LogP contribution is 2.50. The Bertz CT molecular complexity index is 1420. The third-order valence-corrected chi connectivity index (χ3v) is 3.95. The summed E-state index contributed by atoms with van der Waals surface area (Å²) in [6.45, 7) is 1.25. The van der Waals surface area contributed by atoms with Crippen LogP contribution in [0.1, 0.15) is 18.3 Å². The average Bonchev–Trinajstić information content (AvgIpc) is 2.78. The first-order chi connectivity index (χ1) is 14.5. The monoisotopic (exact) mass is 390 g/mol. The second-order valence-electron chi connectivity index (χ2n) is 5.66. The smallest absolute Gasteiger partial charge is 0.184 e. The van der Waals surface area contributed by atoms with E-state index in [2.05, 4.69) is 25.3 Å². The van der Waals surface area contributed by atoms with Gasteiger partial charge in [0.2, 0.25) is 0 Å². The Hall–Kier alpha value is -5.56. The van der Waals surface area contributed by atoms with Crippen LogP contribution in [0.4, 0.5) is 22.7 Å². The number of aromatic nitrogens is 2. The number of nitriles is 6. The van der Waals surface area contributed by atoms with Crippen molar-refractivity contribution >= 4 is 45.2 Å². The molecule has 0 bridgehead atoms. The fourth-order valence-corrected chi connectivity index (χ4v) is 2.77. The van der Waals surface area contributed by atoms with Crippen LogP contribution in [0.15, 0.2) is 9.98 Å². The SMILES string of the molecule is CC(C#N)=Nc1c2c(c3nc(C#N)c(C#N)nc3c1NC#N)N=C(C#N)CN2C#N. The van der Waals surface area contributed by atoms with E-state index in [4.69, 9.17) is 5.26 Å². The molecule has 0 unspecified atom stereocenters. The fraction of sp³-hybridized carbons (Fsp3) is 0.111. The van der Waals surface area contributed by atoms with Gasteiger partial charge >= 0.3 is 0 Å². The maximum absolute atomic E-state index is 9.62. The molecular weight excluding hydrogens is 384 g/mol. The van der Waals surface area contributed by atoms with Crippen LogP contribution in [0, 0.1) is 68.2 Å². The molecule has 0 saturated heterocycles. The Morgan fingerprint density at radius 3 is 2.20 bits per heavy atom. The molecule has 0 atom stereocenters. The Morgan fingerprint density at radius 2 is 1.67 bits per heavy atom. The topological polar surface area (TPSA) is 209 Å². The van der Waals surface area contributed by atoms with Crippen molar-refractivity contribution in [1.29, 1.82) is 31.6 Å². The molecule has 12 heteroatoms. The standard InChI is InChI=1S/C18H6N12/c1-9(2-19)26-16-13(25-7-23)14-15(29-12(5-22)11(4-21)28-14)17-18(16)30(8-24)6-10(3-20)27-17/h25H,6H2,1H3. The summed E-state index contributed by atoms with van der Waals surface area (Å²) < 4.78 is 0. The first kappa shape index (κ1) is 19.2. The third-order valence-electron chi connectivity index (χ3n) is 3.95. The highest BCUT2D eigenvalue weighted by Gasteiger charge is 2.30. The quantitative estimate of drug-likeness (QED) is 0.446. The van der Waals surface area contributed by atoms with Crippen molar-refractivity contribution in [3.05, 3.63) is 11.4 Å². The second-order valence-corrected chi connectivity index (χ2v) is 5.66. The van der Waals surface area contributed by atoms with E-state index in [9.17, 15) is 26.3 Å². The van der Waals surface area contributed by atoms with Crippen LogP contribution < -0.4 is 10.2 Å². The highest BCUT2D eigenvalue weighted by atomic mass is 15.2. The van der Waals surface area contributed by atoms with Crippen LogP contribution in [0.5, 0.6) is 0 Å². The van der Waals surface area contributed by atoms with Gasteiger partial charge in [-0.1, -0.05) is 0 Å². The number of nitrogens with zero attached hydrogens (tertiary/aromatic N) is 11. The average molecular weight is 390 g/mol. The summed E-state index contributed by atoms with van der Waals surface area (Å²) >= 11 is 0. The minimum absolute atomic E-state index is 0.00704. The normalized spacial score (nSPS) is 12.2.